The molecule has 2 rings (SSSR count). The van der Waals surface area contributed by atoms with Crippen LogP contribution in [0.3, 0.4) is 0 Å². The van der Waals surface area contributed by atoms with Crippen LogP contribution in [0.2, 0.25) is 0 Å². The van der Waals surface area contributed by atoms with E-state index in [2.05, 4.69) is 15.1 Å². The molecule has 0 aromatic carbocycles. The molecule has 0 aliphatic rings. The van der Waals surface area contributed by atoms with Gasteiger partial charge in [-0.25, -0.2) is 9.78 Å². The number of carbonyl (C=O) groups excluding carboxylic acids is 1. The first kappa shape index (κ1) is 15.0. The molecule has 0 radical (unpaired) electrons. The Labute approximate surface area is 122 Å². The third-order valence-corrected chi connectivity index (χ3v) is 2.72. The molecule has 0 unspecified atom stereocenters. The summed E-state index contributed by atoms with van der Waals surface area (Å²) in [5.41, 5.74) is 0.873. The summed E-state index contributed by atoms with van der Waals surface area (Å²) in [6.07, 6.45) is 3.19. The summed E-state index contributed by atoms with van der Waals surface area (Å²) >= 11 is 0. The molecule has 0 spiro atoms. The fourth-order valence-corrected chi connectivity index (χ4v) is 1.92. The Morgan fingerprint density at radius 1 is 1.33 bits per heavy atom. The Morgan fingerprint density at radius 3 is 2.71 bits per heavy atom. The predicted molar refractivity (Wildman–Crippen MR) is 76.8 cm³/mol. The van der Waals surface area contributed by atoms with E-state index in [1.807, 2.05) is 13.8 Å². The van der Waals surface area contributed by atoms with Crippen molar-refractivity contribution in [1.29, 1.82) is 0 Å². The third kappa shape index (κ3) is 3.18. The molecule has 0 atom stereocenters. The van der Waals surface area contributed by atoms with Crippen LogP contribution in [-0.2, 0) is 9.47 Å². The molecular weight excluding hydrogens is 272 g/mol. The smallest absolute Gasteiger partial charge is 0.341 e. The van der Waals surface area contributed by atoms with Crippen molar-refractivity contribution in [2.75, 3.05) is 13.2 Å². The zero-order valence-electron chi connectivity index (χ0n) is 12.6. The average molecular weight is 290 g/mol. The number of ether oxygens (including phenoxy) is 2. The van der Waals surface area contributed by atoms with Gasteiger partial charge < -0.3 is 9.47 Å². The molecule has 0 amide bonds. The zero-order chi connectivity index (χ0) is 15.4. The summed E-state index contributed by atoms with van der Waals surface area (Å²) in [6, 6.07) is 0. The standard InChI is InChI=1S/C14H18N4O3/c1-5-20-9(3)7-12-11(13(19)21-6-2)8-15-14-16-10(4)17-18(12)14/h7-8H,5-6H2,1-4H3. The van der Waals surface area contributed by atoms with Gasteiger partial charge in [0.15, 0.2) is 0 Å². The first-order valence-electron chi connectivity index (χ1n) is 6.77. The van der Waals surface area contributed by atoms with Gasteiger partial charge in [0.25, 0.3) is 5.78 Å². The minimum atomic E-state index is -0.449. The lowest BCUT2D eigenvalue weighted by Crippen LogP contribution is -2.11. The van der Waals surface area contributed by atoms with E-state index in [1.165, 1.54) is 10.7 Å². The van der Waals surface area contributed by atoms with Gasteiger partial charge in [-0.1, -0.05) is 0 Å². The van der Waals surface area contributed by atoms with Gasteiger partial charge in [-0.05, 0) is 27.7 Å². The van der Waals surface area contributed by atoms with Gasteiger partial charge in [-0.3, -0.25) is 0 Å². The lowest BCUT2D eigenvalue weighted by atomic mass is 10.2. The zero-order valence-corrected chi connectivity index (χ0v) is 12.6. The summed E-state index contributed by atoms with van der Waals surface area (Å²) in [7, 11) is 0. The van der Waals surface area contributed by atoms with Crippen LogP contribution >= 0.6 is 0 Å². The summed E-state index contributed by atoms with van der Waals surface area (Å²) < 4.78 is 12.0. The summed E-state index contributed by atoms with van der Waals surface area (Å²) in [4.78, 5) is 20.4. The Bertz CT molecular complexity index is 691. The number of rotatable bonds is 5. The topological polar surface area (TPSA) is 78.6 Å². The number of carbonyl (C=O) groups is 1. The van der Waals surface area contributed by atoms with Crippen molar-refractivity contribution >= 4 is 17.8 Å². The van der Waals surface area contributed by atoms with E-state index in [1.54, 1.807) is 19.9 Å². The van der Waals surface area contributed by atoms with Crippen LogP contribution in [0.25, 0.3) is 11.9 Å². The Balaban J connectivity index is 2.62. The van der Waals surface area contributed by atoms with Crippen LogP contribution in [0.5, 0.6) is 0 Å². The first-order valence-corrected chi connectivity index (χ1v) is 6.77. The van der Waals surface area contributed by atoms with E-state index in [9.17, 15) is 4.79 Å². The maximum absolute atomic E-state index is 12.1. The van der Waals surface area contributed by atoms with Crippen LogP contribution < -0.4 is 0 Å². The predicted octanol–water partition coefficient (Wildman–Crippen LogP) is 2.01. The normalized spacial score (nSPS) is 11.7. The van der Waals surface area contributed by atoms with Crippen LogP contribution in [0.4, 0.5) is 0 Å². The Kier molecular flexibility index (Phi) is 4.52. The average Bonchev–Trinajstić information content (AvgIpc) is 2.80. The molecule has 2 aromatic rings. The molecule has 7 nitrogen and oxygen atoms in total. The monoisotopic (exact) mass is 290 g/mol. The highest BCUT2D eigenvalue weighted by molar-refractivity contribution is 5.93. The van der Waals surface area contributed by atoms with E-state index in [-0.39, 0.29) is 0 Å². The molecule has 7 heteroatoms. The fraction of sp³-hybridized carbons (Fsp3) is 0.429. The molecule has 2 aromatic heterocycles. The van der Waals surface area contributed by atoms with Gasteiger partial charge in [-0.15, -0.1) is 5.10 Å². The number of allylic oxidation sites excluding steroid dienone is 1. The molecule has 0 aliphatic carbocycles. The highest BCUT2D eigenvalue weighted by Gasteiger charge is 2.17. The van der Waals surface area contributed by atoms with Crippen molar-refractivity contribution in [3.8, 4) is 0 Å². The number of hydrogen-bond acceptors (Lipinski definition) is 6. The largest absolute Gasteiger partial charge is 0.498 e. The molecule has 0 N–H and O–H groups in total. The molecule has 21 heavy (non-hydrogen) atoms. The number of esters is 1. The van der Waals surface area contributed by atoms with Crippen molar-refractivity contribution in [2.45, 2.75) is 27.7 Å². The summed E-state index contributed by atoms with van der Waals surface area (Å²) in [5.74, 6) is 1.22. The Hall–Kier alpha value is -2.44. The van der Waals surface area contributed by atoms with Gasteiger partial charge in [0.05, 0.1) is 24.7 Å². The van der Waals surface area contributed by atoms with Crippen LogP contribution in [-0.4, -0.2) is 38.8 Å². The lowest BCUT2D eigenvalue weighted by Gasteiger charge is -2.08. The van der Waals surface area contributed by atoms with Gasteiger partial charge >= 0.3 is 5.97 Å². The molecule has 0 saturated carbocycles. The van der Waals surface area contributed by atoms with Gasteiger partial charge in [-0.2, -0.15) is 9.50 Å². The second-order valence-corrected chi connectivity index (χ2v) is 4.34. The number of aromatic nitrogens is 4. The molecule has 2 heterocycles. The molecule has 112 valence electrons. The van der Waals surface area contributed by atoms with E-state index in [0.29, 0.717) is 41.8 Å². The van der Waals surface area contributed by atoms with E-state index in [4.69, 9.17) is 9.47 Å². The van der Waals surface area contributed by atoms with Crippen molar-refractivity contribution in [3.63, 3.8) is 0 Å². The van der Waals surface area contributed by atoms with Crippen molar-refractivity contribution in [1.82, 2.24) is 19.6 Å². The summed E-state index contributed by atoms with van der Waals surface area (Å²) in [6.45, 7) is 8.06. The lowest BCUT2D eigenvalue weighted by molar-refractivity contribution is 0.0525. The van der Waals surface area contributed by atoms with Gasteiger partial charge in [0, 0.05) is 12.3 Å². The van der Waals surface area contributed by atoms with E-state index >= 15 is 0 Å². The number of hydrogen-bond donors (Lipinski definition) is 0. The van der Waals surface area contributed by atoms with Gasteiger partial charge in [0.2, 0.25) is 0 Å². The highest BCUT2D eigenvalue weighted by Crippen LogP contribution is 2.15. The highest BCUT2D eigenvalue weighted by atomic mass is 16.5. The molecule has 0 fully saturated rings. The SMILES string of the molecule is CCOC(=O)c1cnc2nc(C)nn2c1C=C(C)OCC. The minimum absolute atomic E-state index is 0.293. The molecule has 0 bridgehead atoms. The van der Waals surface area contributed by atoms with Gasteiger partial charge in [0.1, 0.15) is 11.4 Å². The molecule has 0 saturated heterocycles. The van der Waals surface area contributed by atoms with Crippen molar-refractivity contribution < 1.29 is 14.3 Å². The summed E-state index contributed by atoms with van der Waals surface area (Å²) in [5, 5.41) is 4.26. The number of nitrogens with zero attached hydrogens (tertiary/aromatic N) is 4. The Morgan fingerprint density at radius 2 is 2.05 bits per heavy atom. The second-order valence-electron chi connectivity index (χ2n) is 4.34. The quantitative estimate of drug-likeness (QED) is 0.619. The van der Waals surface area contributed by atoms with Crippen LogP contribution in [0, 0.1) is 6.92 Å². The van der Waals surface area contributed by atoms with Crippen LogP contribution in [0.1, 0.15) is 42.6 Å². The maximum Gasteiger partial charge on any atom is 0.341 e. The number of fused-ring (bicyclic) bond motifs is 1. The van der Waals surface area contributed by atoms with Crippen molar-refractivity contribution in [2.24, 2.45) is 0 Å². The first-order chi connectivity index (χ1) is 10.1. The maximum atomic E-state index is 12.1. The second kappa shape index (κ2) is 6.34. The minimum Gasteiger partial charge on any atom is -0.498 e. The molecular formula is C14H18N4O3. The third-order valence-electron chi connectivity index (χ3n) is 2.72. The molecule has 0 aliphatic heterocycles. The van der Waals surface area contributed by atoms with E-state index < -0.39 is 5.97 Å². The number of aryl methyl sites for hydroxylation is 1. The van der Waals surface area contributed by atoms with E-state index in [0.717, 1.165) is 0 Å². The van der Waals surface area contributed by atoms with Crippen molar-refractivity contribution in [3.05, 3.63) is 29.0 Å². The van der Waals surface area contributed by atoms with Crippen LogP contribution in [0.15, 0.2) is 12.0 Å². The fourth-order valence-electron chi connectivity index (χ4n) is 1.92.